The van der Waals surface area contributed by atoms with Gasteiger partial charge in [0.25, 0.3) is 5.91 Å². The highest BCUT2D eigenvalue weighted by atomic mass is 32.2. The Hall–Kier alpha value is -3.90. The highest BCUT2D eigenvalue weighted by molar-refractivity contribution is 7.89. The first-order valence-corrected chi connectivity index (χ1v) is 15.6. The van der Waals surface area contributed by atoms with Gasteiger partial charge in [0.05, 0.1) is 28.4 Å². The summed E-state index contributed by atoms with van der Waals surface area (Å²) >= 11 is 2.82. The SMILES string of the molecule is COc1ccc2nc(N(/N=C/c3cccs3)C(=O)c3ccc(S(=O)(=O)N4CCc5ccccc5C4)cc3)sc2c1. The van der Waals surface area contributed by atoms with Crippen LogP contribution in [0.3, 0.4) is 0 Å². The molecular formula is C29H24N4O4S3. The van der Waals surface area contributed by atoms with Crippen molar-refractivity contribution in [3.05, 3.63) is 106 Å². The van der Waals surface area contributed by atoms with E-state index < -0.39 is 15.9 Å². The number of nitrogens with zero attached hydrogens (tertiary/aromatic N) is 4. The number of aromatic nitrogens is 1. The van der Waals surface area contributed by atoms with Gasteiger partial charge in [-0.3, -0.25) is 4.79 Å². The minimum Gasteiger partial charge on any atom is -0.497 e. The largest absolute Gasteiger partial charge is 0.497 e. The Morgan fingerprint density at radius 3 is 2.60 bits per heavy atom. The van der Waals surface area contributed by atoms with Gasteiger partial charge in [-0.05, 0) is 71.5 Å². The van der Waals surface area contributed by atoms with Crippen molar-refractivity contribution in [2.75, 3.05) is 18.7 Å². The van der Waals surface area contributed by atoms with Crippen LogP contribution in [0.4, 0.5) is 5.13 Å². The van der Waals surface area contributed by atoms with Gasteiger partial charge >= 0.3 is 0 Å². The fourth-order valence-electron chi connectivity index (χ4n) is 4.49. The molecule has 202 valence electrons. The van der Waals surface area contributed by atoms with Crippen molar-refractivity contribution in [3.63, 3.8) is 0 Å². The number of hydrogen-bond acceptors (Lipinski definition) is 8. The lowest BCUT2D eigenvalue weighted by atomic mass is 10.0. The van der Waals surface area contributed by atoms with Crippen LogP contribution in [0.25, 0.3) is 10.2 Å². The second kappa shape index (κ2) is 10.9. The summed E-state index contributed by atoms with van der Waals surface area (Å²) in [5.41, 5.74) is 3.20. The maximum absolute atomic E-state index is 13.7. The molecule has 3 heterocycles. The molecule has 0 unspecified atom stereocenters. The minimum atomic E-state index is -3.73. The van der Waals surface area contributed by atoms with Gasteiger partial charge in [-0.1, -0.05) is 41.7 Å². The van der Waals surface area contributed by atoms with Crippen molar-refractivity contribution in [3.8, 4) is 5.75 Å². The van der Waals surface area contributed by atoms with E-state index in [4.69, 9.17) is 4.74 Å². The topological polar surface area (TPSA) is 92.2 Å². The van der Waals surface area contributed by atoms with E-state index in [-0.39, 0.29) is 4.90 Å². The molecule has 1 aliphatic rings. The van der Waals surface area contributed by atoms with Crippen molar-refractivity contribution >= 4 is 60.2 Å². The maximum Gasteiger partial charge on any atom is 0.280 e. The fourth-order valence-corrected chi connectivity index (χ4v) is 7.44. The monoisotopic (exact) mass is 588 g/mol. The average molecular weight is 589 g/mol. The Bertz CT molecular complexity index is 1810. The summed E-state index contributed by atoms with van der Waals surface area (Å²) < 4.78 is 34.5. The maximum atomic E-state index is 13.7. The zero-order valence-corrected chi connectivity index (χ0v) is 23.9. The highest BCUT2D eigenvalue weighted by Crippen LogP contribution is 2.33. The summed E-state index contributed by atoms with van der Waals surface area (Å²) in [4.78, 5) is 19.4. The number of ether oxygens (including phenoxy) is 1. The number of hydrazone groups is 1. The van der Waals surface area contributed by atoms with Gasteiger partial charge in [0.1, 0.15) is 5.75 Å². The van der Waals surface area contributed by atoms with E-state index in [1.54, 1.807) is 13.3 Å². The molecule has 0 aliphatic carbocycles. The second-order valence-electron chi connectivity index (χ2n) is 9.09. The van der Waals surface area contributed by atoms with Crippen molar-refractivity contribution < 1.29 is 17.9 Å². The molecule has 1 amide bonds. The summed E-state index contributed by atoms with van der Waals surface area (Å²) in [7, 11) is -2.13. The first-order valence-electron chi connectivity index (χ1n) is 12.5. The molecule has 0 saturated carbocycles. The van der Waals surface area contributed by atoms with E-state index in [0.717, 1.165) is 20.7 Å². The number of carbonyl (C=O) groups excluding carboxylic acids is 1. The molecule has 40 heavy (non-hydrogen) atoms. The third kappa shape index (κ3) is 5.16. The van der Waals surface area contributed by atoms with Crippen LogP contribution in [-0.2, 0) is 23.0 Å². The van der Waals surface area contributed by atoms with Crippen LogP contribution in [0.5, 0.6) is 5.75 Å². The molecule has 11 heteroatoms. The molecule has 0 fully saturated rings. The Labute approximate surface area is 239 Å². The van der Waals surface area contributed by atoms with Gasteiger partial charge in [-0.15, -0.1) is 11.3 Å². The molecule has 5 aromatic rings. The van der Waals surface area contributed by atoms with E-state index in [1.807, 2.05) is 60.0 Å². The number of thiophene rings is 1. The number of anilines is 1. The molecule has 0 bridgehead atoms. The van der Waals surface area contributed by atoms with Crippen LogP contribution in [0.2, 0.25) is 0 Å². The van der Waals surface area contributed by atoms with Crippen LogP contribution in [0.15, 0.2) is 94.2 Å². The fraction of sp³-hybridized carbons (Fsp3) is 0.138. The Morgan fingerprint density at radius 2 is 1.85 bits per heavy atom. The summed E-state index contributed by atoms with van der Waals surface area (Å²) in [6, 6.07) is 23.2. The van der Waals surface area contributed by atoms with E-state index in [1.165, 1.54) is 61.8 Å². The van der Waals surface area contributed by atoms with Crippen molar-refractivity contribution in [2.24, 2.45) is 5.10 Å². The summed E-state index contributed by atoms with van der Waals surface area (Å²) in [6.45, 7) is 0.737. The van der Waals surface area contributed by atoms with Gasteiger partial charge in [0.15, 0.2) is 0 Å². The van der Waals surface area contributed by atoms with Crippen LogP contribution in [0, 0.1) is 0 Å². The third-order valence-electron chi connectivity index (χ3n) is 6.64. The third-order valence-corrected chi connectivity index (χ3v) is 10.3. The molecule has 6 rings (SSSR count). The van der Waals surface area contributed by atoms with Gasteiger partial charge in [-0.2, -0.15) is 14.4 Å². The van der Waals surface area contributed by atoms with E-state index in [2.05, 4.69) is 10.1 Å². The number of hydrogen-bond donors (Lipinski definition) is 0. The van der Waals surface area contributed by atoms with Gasteiger partial charge in [0, 0.05) is 23.5 Å². The van der Waals surface area contributed by atoms with Crippen LogP contribution in [-0.4, -0.2) is 43.5 Å². The highest BCUT2D eigenvalue weighted by Gasteiger charge is 2.29. The lowest BCUT2D eigenvalue weighted by Crippen LogP contribution is -2.36. The molecule has 0 atom stereocenters. The number of carbonyl (C=O) groups is 1. The number of methoxy groups -OCH3 is 1. The molecular weight excluding hydrogens is 565 g/mol. The number of sulfonamides is 1. The first kappa shape index (κ1) is 26.3. The number of thiazole rings is 1. The van der Waals surface area contributed by atoms with E-state index in [9.17, 15) is 13.2 Å². The number of benzene rings is 3. The molecule has 0 spiro atoms. The zero-order chi connectivity index (χ0) is 27.7. The number of fused-ring (bicyclic) bond motifs is 2. The minimum absolute atomic E-state index is 0.143. The molecule has 0 radical (unpaired) electrons. The molecule has 2 aromatic heterocycles. The van der Waals surface area contributed by atoms with Gasteiger partial charge in [0.2, 0.25) is 15.2 Å². The Morgan fingerprint density at radius 1 is 1.05 bits per heavy atom. The van der Waals surface area contributed by atoms with Crippen LogP contribution >= 0.6 is 22.7 Å². The Balaban J connectivity index is 1.29. The van der Waals surface area contributed by atoms with Crippen LogP contribution < -0.4 is 9.75 Å². The smallest absolute Gasteiger partial charge is 0.280 e. The predicted molar refractivity (Wildman–Crippen MR) is 159 cm³/mol. The summed E-state index contributed by atoms with van der Waals surface area (Å²) in [5.74, 6) is 0.270. The van der Waals surface area contributed by atoms with E-state index >= 15 is 0 Å². The van der Waals surface area contributed by atoms with Crippen molar-refractivity contribution in [1.29, 1.82) is 0 Å². The quantitative estimate of drug-likeness (QED) is 0.177. The van der Waals surface area contributed by atoms with Crippen molar-refractivity contribution in [1.82, 2.24) is 9.29 Å². The molecule has 1 aliphatic heterocycles. The zero-order valence-electron chi connectivity index (χ0n) is 21.4. The van der Waals surface area contributed by atoms with Gasteiger partial charge in [-0.25, -0.2) is 13.4 Å². The van der Waals surface area contributed by atoms with E-state index in [0.29, 0.717) is 36.0 Å². The molecule has 0 N–H and O–H groups in total. The lowest BCUT2D eigenvalue weighted by Gasteiger charge is -2.28. The summed E-state index contributed by atoms with van der Waals surface area (Å²) in [6.07, 6.45) is 2.28. The Kier molecular flexibility index (Phi) is 7.20. The van der Waals surface area contributed by atoms with Gasteiger partial charge < -0.3 is 4.74 Å². The number of amides is 1. The van der Waals surface area contributed by atoms with Crippen LogP contribution in [0.1, 0.15) is 26.4 Å². The molecule has 0 saturated heterocycles. The first-order chi connectivity index (χ1) is 19.4. The summed E-state index contributed by atoms with van der Waals surface area (Å²) in [5, 5.41) is 8.05. The normalized spacial score (nSPS) is 13.9. The predicted octanol–water partition coefficient (Wildman–Crippen LogP) is 5.79. The second-order valence-corrected chi connectivity index (χ2v) is 13.0. The average Bonchev–Trinajstić information content (AvgIpc) is 3.66. The lowest BCUT2D eigenvalue weighted by molar-refractivity contribution is 0.0987. The number of rotatable bonds is 7. The standard InChI is InChI=1S/C29H24N4O4S3/c1-37-23-10-13-26-27(17-23)39-29(31-26)33(30-18-24-7-4-16-38-24)28(34)21-8-11-25(12-9-21)40(35,36)32-15-14-20-5-2-3-6-22(20)19-32/h2-13,16-18H,14-15,19H2,1H3/b30-18+. The molecule has 3 aromatic carbocycles. The molecule has 8 nitrogen and oxygen atoms in total. The van der Waals surface area contributed by atoms with Crippen molar-refractivity contribution in [2.45, 2.75) is 17.9 Å².